The van der Waals surface area contributed by atoms with Gasteiger partial charge in [-0.1, -0.05) is 0 Å². The second-order valence-corrected chi connectivity index (χ2v) is 3.15. The summed E-state index contributed by atoms with van der Waals surface area (Å²) >= 11 is 0. The molecule has 1 aliphatic heterocycles. The van der Waals surface area contributed by atoms with E-state index in [0.29, 0.717) is 11.8 Å². The third kappa shape index (κ3) is 2.11. The molecule has 1 N–H and O–H groups in total. The first-order valence-electron chi connectivity index (χ1n) is 4.63. The van der Waals surface area contributed by atoms with Gasteiger partial charge in [-0.15, -0.1) is 10.2 Å². The Labute approximate surface area is 82.4 Å². The van der Waals surface area contributed by atoms with E-state index in [0.717, 1.165) is 19.5 Å². The minimum absolute atomic E-state index is 0.220. The summed E-state index contributed by atoms with van der Waals surface area (Å²) in [6.45, 7) is 1.89. The Hall–Kier alpha value is -1.36. The number of hydrogen-bond acceptors (Lipinski definition) is 5. The monoisotopic (exact) mass is 195 g/mol. The summed E-state index contributed by atoms with van der Waals surface area (Å²) in [5.41, 5.74) is 0. The number of ether oxygens (including phenoxy) is 2. The van der Waals surface area contributed by atoms with E-state index in [4.69, 9.17) is 9.47 Å². The van der Waals surface area contributed by atoms with Crippen molar-refractivity contribution < 1.29 is 9.47 Å². The van der Waals surface area contributed by atoms with Gasteiger partial charge in [0.15, 0.2) is 0 Å². The molecule has 0 unspecified atom stereocenters. The highest BCUT2D eigenvalue weighted by Gasteiger charge is 2.16. The molecule has 0 spiro atoms. The van der Waals surface area contributed by atoms with Crippen LogP contribution in [-0.2, 0) is 0 Å². The molecule has 5 heteroatoms. The van der Waals surface area contributed by atoms with Crippen molar-refractivity contribution in [1.29, 1.82) is 0 Å². The van der Waals surface area contributed by atoms with Crippen molar-refractivity contribution in [1.82, 2.24) is 15.5 Å². The molecule has 2 heterocycles. The number of nitrogens with zero attached hydrogens (tertiary/aromatic N) is 2. The smallest absolute Gasteiger partial charge is 0.233 e. The molecule has 0 amide bonds. The summed E-state index contributed by atoms with van der Waals surface area (Å²) in [5, 5.41) is 10.9. The van der Waals surface area contributed by atoms with Gasteiger partial charge >= 0.3 is 0 Å². The first-order valence-corrected chi connectivity index (χ1v) is 4.63. The van der Waals surface area contributed by atoms with Crippen molar-refractivity contribution in [2.75, 3.05) is 20.2 Å². The topological polar surface area (TPSA) is 56.3 Å². The van der Waals surface area contributed by atoms with Crippen LogP contribution in [0.25, 0.3) is 0 Å². The summed E-state index contributed by atoms with van der Waals surface area (Å²) in [6.07, 6.45) is 1.24. The van der Waals surface area contributed by atoms with Gasteiger partial charge in [-0.2, -0.15) is 0 Å². The Morgan fingerprint density at radius 2 is 2.14 bits per heavy atom. The molecular weight excluding hydrogens is 182 g/mol. The molecule has 1 aromatic heterocycles. The Morgan fingerprint density at radius 1 is 1.36 bits per heavy atom. The molecule has 5 nitrogen and oxygen atoms in total. The van der Waals surface area contributed by atoms with Crippen LogP contribution in [0.5, 0.6) is 11.8 Å². The zero-order chi connectivity index (χ0) is 9.80. The van der Waals surface area contributed by atoms with Gasteiger partial charge in [-0.25, -0.2) is 0 Å². The van der Waals surface area contributed by atoms with E-state index in [1.807, 2.05) is 0 Å². The highest BCUT2D eigenvalue weighted by molar-refractivity contribution is 5.15. The van der Waals surface area contributed by atoms with Crippen molar-refractivity contribution in [3.05, 3.63) is 12.1 Å². The van der Waals surface area contributed by atoms with E-state index in [2.05, 4.69) is 15.5 Å². The van der Waals surface area contributed by atoms with Crippen molar-refractivity contribution >= 4 is 0 Å². The summed E-state index contributed by atoms with van der Waals surface area (Å²) in [4.78, 5) is 0. The van der Waals surface area contributed by atoms with Crippen LogP contribution in [0.2, 0.25) is 0 Å². The van der Waals surface area contributed by atoms with Gasteiger partial charge in [0.2, 0.25) is 11.8 Å². The lowest BCUT2D eigenvalue weighted by Gasteiger charge is -2.10. The van der Waals surface area contributed by atoms with Crippen LogP contribution in [0, 0.1) is 0 Å². The standard InChI is InChI=1S/C9H13N3O2/c1-13-8-2-3-9(12-11-8)14-7-4-5-10-6-7/h2-3,7,10H,4-6H2,1H3/t7-/m0/s1. The molecule has 0 aromatic carbocycles. The molecule has 1 fully saturated rings. The quantitative estimate of drug-likeness (QED) is 0.748. The van der Waals surface area contributed by atoms with Crippen LogP contribution in [0.4, 0.5) is 0 Å². The molecule has 14 heavy (non-hydrogen) atoms. The van der Waals surface area contributed by atoms with Gasteiger partial charge < -0.3 is 14.8 Å². The summed E-state index contributed by atoms with van der Waals surface area (Å²) < 4.78 is 10.5. The molecule has 1 aromatic rings. The molecule has 0 radical (unpaired) electrons. The van der Waals surface area contributed by atoms with Crippen LogP contribution >= 0.6 is 0 Å². The average Bonchev–Trinajstić information content (AvgIpc) is 2.72. The molecule has 2 rings (SSSR count). The molecule has 1 aliphatic rings. The van der Waals surface area contributed by atoms with Crippen LogP contribution in [0.15, 0.2) is 12.1 Å². The lowest BCUT2D eigenvalue weighted by Crippen LogP contribution is -2.20. The number of methoxy groups -OCH3 is 1. The van der Waals surface area contributed by atoms with E-state index in [1.165, 1.54) is 0 Å². The fraction of sp³-hybridized carbons (Fsp3) is 0.556. The molecule has 76 valence electrons. The minimum atomic E-state index is 0.220. The largest absolute Gasteiger partial charge is 0.480 e. The first kappa shape index (κ1) is 9.21. The third-order valence-corrected chi connectivity index (χ3v) is 2.13. The Kier molecular flexibility index (Phi) is 2.78. The Bertz CT molecular complexity index is 283. The molecule has 0 aliphatic carbocycles. The second kappa shape index (κ2) is 4.23. The van der Waals surface area contributed by atoms with E-state index >= 15 is 0 Å². The lowest BCUT2D eigenvalue weighted by molar-refractivity contribution is 0.210. The molecule has 0 bridgehead atoms. The summed E-state index contributed by atoms with van der Waals surface area (Å²) in [7, 11) is 1.56. The zero-order valence-corrected chi connectivity index (χ0v) is 8.06. The highest BCUT2D eigenvalue weighted by atomic mass is 16.5. The van der Waals surface area contributed by atoms with Gasteiger partial charge in [0.1, 0.15) is 6.10 Å². The predicted molar refractivity (Wildman–Crippen MR) is 50.5 cm³/mol. The van der Waals surface area contributed by atoms with Gasteiger partial charge in [0, 0.05) is 18.7 Å². The van der Waals surface area contributed by atoms with E-state index in [1.54, 1.807) is 19.2 Å². The molecule has 1 atom stereocenters. The van der Waals surface area contributed by atoms with Gasteiger partial charge in [0.25, 0.3) is 0 Å². The number of rotatable bonds is 3. The van der Waals surface area contributed by atoms with Gasteiger partial charge in [0.05, 0.1) is 7.11 Å². The maximum Gasteiger partial charge on any atom is 0.233 e. The van der Waals surface area contributed by atoms with Crippen molar-refractivity contribution in [2.24, 2.45) is 0 Å². The predicted octanol–water partition coefficient (Wildman–Crippen LogP) is 0.226. The van der Waals surface area contributed by atoms with Crippen molar-refractivity contribution in [3.8, 4) is 11.8 Å². The highest BCUT2D eigenvalue weighted by Crippen LogP contribution is 2.13. The van der Waals surface area contributed by atoms with Gasteiger partial charge in [-0.3, -0.25) is 0 Å². The van der Waals surface area contributed by atoms with E-state index < -0.39 is 0 Å². The molecular formula is C9H13N3O2. The van der Waals surface area contributed by atoms with Crippen LogP contribution < -0.4 is 14.8 Å². The van der Waals surface area contributed by atoms with E-state index in [-0.39, 0.29) is 6.10 Å². The van der Waals surface area contributed by atoms with Crippen molar-refractivity contribution in [3.63, 3.8) is 0 Å². The van der Waals surface area contributed by atoms with Crippen molar-refractivity contribution in [2.45, 2.75) is 12.5 Å². The molecule has 1 saturated heterocycles. The third-order valence-electron chi connectivity index (χ3n) is 2.13. The van der Waals surface area contributed by atoms with Crippen LogP contribution in [0.3, 0.4) is 0 Å². The summed E-state index contributed by atoms with van der Waals surface area (Å²) in [5.74, 6) is 1.06. The maximum absolute atomic E-state index is 5.58. The van der Waals surface area contributed by atoms with Crippen LogP contribution in [-0.4, -0.2) is 36.5 Å². The lowest BCUT2D eigenvalue weighted by atomic mass is 10.3. The SMILES string of the molecule is COc1ccc(O[C@H]2CCNC2)nn1. The van der Waals surface area contributed by atoms with E-state index in [9.17, 15) is 0 Å². The fourth-order valence-electron chi connectivity index (χ4n) is 1.38. The maximum atomic E-state index is 5.58. The molecule has 0 saturated carbocycles. The number of aromatic nitrogens is 2. The Balaban J connectivity index is 1.95. The average molecular weight is 195 g/mol. The van der Waals surface area contributed by atoms with Gasteiger partial charge in [-0.05, 0) is 13.0 Å². The van der Waals surface area contributed by atoms with Crippen LogP contribution in [0.1, 0.15) is 6.42 Å². The minimum Gasteiger partial charge on any atom is -0.480 e. The zero-order valence-electron chi connectivity index (χ0n) is 8.06. The Morgan fingerprint density at radius 3 is 2.71 bits per heavy atom. The fourth-order valence-corrected chi connectivity index (χ4v) is 1.38. The normalized spacial score (nSPS) is 20.8. The number of nitrogens with one attached hydrogen (secondary N) is 1. The first-order chi connectivity index (χ1) is 6.88. The number of hydrogen-bond donors (Lipinski definition) is 1. The summed E-state index contributed by atoms with van der Waals surface area (Å²) in [6, 6.07) is 3.51. The second-order valence-electron chi connectivity index (χ2n) is 3.15.